The first kappa shape index (κ1) is 20.5. The van der Waals surface area contributed by atoms with Crippen molar-refractivity contribution in [1.29, 1.82) is 0 Å². The molecule has 1 aliphatic rings. The molecule has 0 saturated carbocycles. The van der Waals surface area contributed by atoms with Crippen molar-refractivity contribution in [2.75, 3.05) is 36.0 Å². The molecule has 160 valence electrons. The molecule has 2 aromatic heterocycles. The van der Waals surface area contributed by atoms with E-state index in [0.29, 0.717) is 32.0 Å². The third-order valence-electron chi connectivity index (χ3n) is 5.20. The Morgan fingerprint density at radius 3 is 2.27 bits per heavy atom. The van der Waals surface area contributed by atoms with E-state index in [1.54, 1.807) is 11.1 Å². The number of pyridine rings is 1. The fraction of sp³-hybridized carbons (Fsp3) is 0.429. The van der Waals surface area contributed by atoms with E-state index >= 15 is 0 Å². The van der Waals surface area contributed by atoms with Crippen LogP contribution in [0.3, 0.4) is 0 Å². The first-order valence-electron chi connectivity index (χ1n) is 9.95. The number of piperazine rings is 1. The van der Waals surface area contributed by atoms with Crippen molar-refractivity contribution in [1.82, 2.24) is 14.6 Å². The van der Waals surface area contributed by atoms with E-state index in [0.717, 1.165) is 5.69 Å². The lowest BCUT2D eigenvalue weighted by atomic mass is 10.1. The quantitative estimate of drug-likeness (QED) is 0.626. The molecule has 1 aromatic carbocycles. The summed E-state index contributed by atoms with van der Waals surface area (Å²) in [4.78, 5) is 3.96. The number of aromatic nitrogens is 3. The zero-order chi connectivity index (χ0) is 21.3. The summed E-state index contributed by atoms with van der Waals surface area (Å²) in [5.74, 6) is 0.352. The van der Waals surface area contributed by atoms with Crippen LogP contribution in [0.5, 0.6) is 0 Å². The molecule has 0 spiro atoms. The Bertz CT molecular complexity index is 995. The third-order valence-corrected chi connectivity index (χ3v) is 5.20. The van der Waals surface area contributed by atoms with Gasteiger partial charge in [-0.25, -0.2) is 0 Å². The number of benzene rings is 1. The Balaban J connectivity index is 1.63. The predicted octanol–water partition coefficient (Wildman–Crippen LogP) is 4.00. The maximum absolute atomic E-state index is 14.0. The summed E-state index contributed by atoms with van der Waals surface area (Å²) in [6.07, 6.45) is -3.00. The van der Waals surface area contributed by atoms with Crippen LogP contribution in [-0.4, -0.2) is 46.9 Å². The minimum atomic E-state index is -4.54. The minimum Gasteiger partial charge on any atom is -0.371 e. The summed E-state index contributed by atoms with van der Waals surface area (Å²) in [5.41, 5.74) is 0.289. The molecule has 4 rings (SSSR count). The molecular weight excluding hydrogens is 395 g/mol. The van der Waals surface area contributed by atoms with Gasteiger partial charge >= 0.3 is 6.18 Å². The van der Waals surface area contributed by atoms with Gasteiger partial charge in [-0.1, -0.05) is 18.2 Å². The van der Waals surface area contributed by atoms with E-state index in [9.17, 15) is 13.2 Å². The predicted molar refractivity (Wildman–Crippen MR) is 109 cm³/mol. The second-order valence-electron chi connectivity index (χ2n) is 7.55. The van der Waals surface area contributed by atoms with Gasteiger partial charge in [0.05, 0.1) is 11.8 Å². The van der Waals surface area contributed by atoms with Crippen LogP contribution in [0.15, 0.2) is 42.6 Å². The van der Waals surface area contributed by atoms with E-state index in [1.807, 2.05) is 44.2 Å². The highest BCUT2D eigenvalue weighted by atomic mass is 19.4. The van der Waals surface area contributed by atoms with Crippen molar-refractivity contribution in [3.05, 3.63) is 54.0 Å². The molecule has 0 unspecified atom stereocenters. The number of nitrogens with zero attached hydrogens (tertiary/aromatic N) is 5. The minimum absolute atomic E-state index is 0.0559. The number of fused-ring (bicyclic) bond motifs is 1. The van der Waals surface area contributed by atoms with Gasteiger partial charge in [0.15, 0.2) is 11.5 Å². The van der Waals surface area contributed by atoms with Crippen LogP contribution in [0.2, 0.25) is 0 Å². The molecule has 1 saturated heterocycles. The summed E-state index contributed by atoms with van der Waals surface area (Å²) in [5, 5.41) is 7.80. The lowest BCUT2D eigenvalue weighted by Gasteiger charge is -2.38. The maximum atomic E-state index is 14.0. The number of hydrogen-bond donors (Lipinski definition) is 0. The molecule has 0 atom stereocenters. The van der Waals surface area contributed by atoms with E-state index in [2.05, 4.69) is 15.1 Å². The maximum Gasteiger partial charge on any atom is 0.422 e. The van der Waals surface area contributed by atoms with Crippen molar-refractivity contribution >= 4 is 17.0 Å². The van der Waals surface area contributed by atoms with Crippen LogP contribution in [-0.2, 0) is 17.5 Å². The van der Waals surface area contributed by atoms with E-state index < -0.39 is 11.7 Å². The van der Waals surface area contributed by atoms with E-state index in [4.69, 9.17) is 4.74 Å². The van der Waals surface area contributed by atoms with Crippen molar-refractivity contribution < 1.29 is 17.9 Å². The molecule has 3 heterocycles. The Hall–Kier alpha value is -2.81. The topological polar surface area (TPSA) is 45.9 Å². The van der Waals surface area contributed by atoms with Gasteiger partial charge in [0, 0.05) is 38.1 Å². The van der Waals surface area contributed by atoms with Crippen molar-refractivity contribution in [2.45, 2.75) is 32.7 Å². The molecule has 0 N–H and O–H groups in total. The monoisotopic (exact) mass is 419 g/mol. The van der Waals surface area contributed by atoms with Crippen LogP contribution < -0.4 is 9.80 Å². The Morgan fingerprint density at radius 1 is 0.967 bits per heavy atom. The number of hydrogen-bond acceptors (Lipinski definition) is 5. The molecule has 6 nitrogen and oxygen atoms in total. The van der Waals surface area contributed by atoms with Crippen molar-refractivity contribution in [2.24, 2.45) is 0 Å². The average molecular weight is 419 g/mol. The number of para-hydroxylation sites is 1. The summed E-state index contributed by atoms with van der Waals surface area (Å²) < 4.78 is 49.0. The van der Waals surface area contributed by atoms with Gasteiger partial charge in [-0.3, -0.25) is 4.40 Å². The molecule has 30 heavy (non-hydrogen) atoms. The number of halogens is 3. The average Bonchev–Trinajstić information content (AvgIpc) is 3.14. The standard InChI is InChI=1S/C21H24F3N5O/c1-15(2)30-14-18-25-26-20-19(21(22,23)24)17(8-9-29(18)20)28-12-10-27(11-13-28)16-6-4-3-5-7-16/h3-9,15H,10-14H2,1-2H3. The fourth-order valence-electron chi connectivity index (χ4n) is 3.71. The second-order valence-corrected chi connectivity index (χ2v) is 7.55. The summed E-state index contributed by atoms with van der Waals surface area (Å²) in [6.45, 7) is 6.09. The van der Waals surface area contributed by atoms with Crippen molar-refractivity contribution in [3.63, 3.8) is 0 Å². The summed E-state index contributed by atoms with van der Waals surface area (Å²) >= 11 is 0. The SMILES string of the molecule is CC(C)OCc1nnc2c(C(F)(F)F)c(N3CCN(c4ccccc4)CC3)ccn12. The highest BCUT2D eigenvalue weighted by Crippen LogP contribution is 2.39. The Morgan fingerprint density at radius 2 is 1.63 bits per heavy atom. The van der Waals surface area contributed by atoms with Crippen LogP contribution in [0.4, 0.5) is 24.5 Å². The van der Waals surface area contributed by atoms with Gasteiger partial charge in [0.1, 0.15) is 12.2 Å². The number of anilines is 2. The largest absolute Gasteiger partial charge is 0.422 e. The number of ether oxygens (including phenoxy) is 1. The second kappa shape index (κ2) is 8.14. The number of rotatable bonds is 5. The third kappa shape index (κ3) is 4.07. The van der Waals surface area contributed by atoms with Gasteiger partial charge in [-0.15, -0.1) is 10.2 Å². The lowest BCUT2D eigenvalue weighted by molar-refractivity contribution is -0.136. The first-order valence-corrected chi connectivity index (χ1v) is 9.95. The van der Waals surface area contributed by atoms with Crippen LogP contribution in [0, 0.1) is 0 Å². The van der Waals surface area contributed by atoms with E-state index in [-0.39, 0.29) is 24.0 Å². The molecule has 9 heteroatoms. The molecule has 0 bridgehead atoms. The van der Waals surface area contributed by atoms with Gasteiger partial charge in [-0.05, 0) is 32.0 Å². The summed E-state index contributed by atoms with van der Waals surface area (Å²) in [7, 11) is 0. The van der Waals surface area contributed by atoms with Gasteiger partial charge in [-0.2, -0.15) is 13.2 Å². The Labute approximate surface area is 172 Å². The number of alkyl halides is 3. The molecule has 0 aliphatic carbocycles. The molecule has 0 radical (unpaired) electrons. The molecule has 3 aromatic rings. The van der Waals surface area contributed by atoms with Crippen molar-refractivity contribution in [3.8, 4) is 0 Å². The van der Waals surface area contributed by atoms with Crippen LogP contribution in [0.25, 0.3) is 5.65 Å². The zero-order valence-corrected chi connectivity index (χ0v) is 16.9. The molecule has 1 aliphatic heterocycles. The zero-order valence-electron chi connectivity index (χ0n) is 16.9. The smallest absolute Gasteiger partial charge is 0.371 e. The first-order chi connectivity index (χ1) is 14.3. The van der Waals surface area contributed by atoms with Crippen LogP contribution in [0.1, 0.15) is 25.2 Å². The summed E-state index contributed by atoms with van der Waals surface area (Å²) in [6, 6.07) is 11.4. The van der Waals surface area contributed by atoms with E-state index in [1.165, 1.54) is 10.5 Å². The molecular formula is C21H24F3N5O. The van der Waals surface area contributed by atoms with Gasteiger partial charge in [0.25, 0.3) is 0 Å². The van der Waals surface area contributed by atoms with Gasteiger partial charge < -0.3 is 14.5 Å². The highest BCUT2D eigenvalue weighted by molar-refractivity contribution is 5.67. The normalized spacial score (nSPS) is 15.4. The fourth-order valence-corrected chi connectivity index (χ4v) is 3.71. The lowest BCUT2D eigenvalue weighted by Crippen LogP contribution is -2.47. The Kier molecular flexibility index (Phi) is 5.55. The highest BCUT2D eigenvalue weighted by Gasteiger charge is 2.39. The molecule has 1 fully saturated rings. The molecule has 0 amide bonds. The van der Waals surface area contributed by atoms with Crippen LogP contribution >= 0.6 is 0 Å². The van der Waals surface area contributed by atoms with Gasteiger partial charge in [0.2, 0.25) is 0 Å².